The van der Waals surface area contributed by atoms with Crippen molar-refractivity contribution >= 4 is 33.4 Å². The number of amides is 1. The van der Waals surface area contributed by atoms with Crippen molar-refractivity contribution in [1.29, 1.82) is 0 Å². The van der Waals surface area contributed by atoms with Crippen molar-refractivity contribution in [3.05, 3.63) is 64.4 Å². The summed E-state index contributed by atoms with van der Waals surface area (Å²) in [7, 11) is 0. The van der Waals surface area contributed by atoms with Crippen molar-refractivity contribution in [3.63, 3.8) is 0 Å². The van der Waals surface area contributed by atoms with E-state index < -0.39 is 0 Å². The van der Waals surface area contributed by atoms with Crippen LogP contribution in [0.1, 0.15) is 27.7 Å². The van der Waals surface area contributed by atoms with E-state index in [0.29, 0.717) is 10.7 Å². The quantitative estimate of drug-likeness (QED) is 0.841. The topological polar surface area (TPSA) is 42.0 Å². The maximum atomic E-state index is 12.2. The second-order valence-electron chi connectivity index (χ2n) is 4.73. The predicted molar refractivity (Wildman–Crippen MR) is 82.3 cm³/mol. The van der Waals surface area contributed by atoms with Crippen LogP contribution in [-0.2, 0) is 6.42 Å². The van der Waals surface area contributed by atoms with Crippen molar-refractivity contribution in [2.75, 3.05) is 0 Å². The summed E-state index contributed by atoms with van der Waals surface area (Å²) in [6, 6.07) is 11.4. The number of fused-ring (bicyclic) bond motifs is 1. The Balaban J connectivity index is 1.81. The van der Waals surface area contributed by atoms with Crippen LogP contribution in [0, 0.1) is 0 Å². The molecule has 0 spiro atoms. The van der Waals surface area contributed by atoms with Crippen LogP contribution in [0.25, 0.3) is 0 Å². The Hall–Kier alpha value is -1.39. The molecule has 3 nitrogen and oxygen atoms in total. The highest BCUT2D eigenvalue weighted by Gasteiger charge is 2.31. The molecule has 2 unspecified atom stereocenters. The zero-order valence-corrected chi connectivity index (χ0v) is 12.9. The third-order valence-electron chi connectivity index (χ3n) is 3.41. The fraction of sp³-hybridized carbons (Fsp3) is 0.200. The molecule has 2 atom stereocenters. The lowest BCUT2D eigenvalue weighted by Crippen LogP contribution is -2.32. The summed E-state index contributed by atoms with van der Waals surface area (Å²) in [5, 5.41) is 3.55. The Bertz CT molecular complexity index is 645. The Morgan fingerprint density at radius 3 is 2.85 bits per heavy atom. The minimum absolute atomic E-state index is 0.0313. The molecule has 0 saturated carbocycles. The molecule has 5 heteroatoms. The number of nitrogens with zero attached hydrogens (tertiary/aromatic N) is 1. The largest absolute Gasteiger partial charge is 0.343 e. The van der Waals surface area contributed by atoms with Gasteiger partial charge in [0, 0.05) is 11.0 Å². The van der Waals surface area contributed by atoms with Gasteiger partial charge in [-0.1, -0.05) is 51.8 Å². The smallest absolute Gasteiger partial charge is 0.270 e. The summed E-state index contributed by atoms with van der Waals surface area (Å²) in [6.07, 6.45) is 2.39. The Kier molecular flexibility index (Phi) is 3.76. The molecule has 20 heavy (non-hydrogen) atoms. The van der Waals surface area contributed by atoms with Crippen LogP contribution in [0.4, 0.5) is 0 Å². The van der Waals surface area contributed by atoms with Crippen LogP contribution < -0.4 is 5.32 Å². The zero-order chi connectivity index (χ0) is 14.1. The van der Waals surface area contributed by atoms with Crippen molar-refractivity contribution in [1.82, 2.24) is 10.3 Å². The molecule has 1 aliphatic rings. The molecule has 1 heterocycles. The molecule has 1 aromatic heterocycles. The average molecular weight is 352 g/mol. The first-order chi connectivity index (χ1) is 9.65. The number of nitrogens with one attached hydrogen (secondary N) is 1. The lowest BCUT2D eigenvalue weighted by atomic mass is 10.1. The normalized spacial score (nSPS) is 20.5. The lowest BCUT2D eigenvalue weighted by molar-refractivity contribution is 0.0933. The van der Waals surface area contributed by atoms with Crippen molar-refractivity contribution in [2.45, 2.75) is 17.3 Å². The molecule has 0 saturated heterocycles. The lowest BCUT2D eigenvalue weighted by Gasteiger charge is -2.17. The number of halogens is 2. The van der Waals surface area contributed by atoms with E-state index in [2.05, 4.69) is 38.4 Å². The van der Waals surface area contributed by atoms with E-state index in [1.807, 2.05) is 12.1 Å². The molecule has 0 fully saturated rings. The summed E-state index contributed by atoms with van der Waals surface area (Å²) in [5.41, 5.74) is 2.80. The maximum absolute atomic E-state index is 12.2. The van der Waals surface area contributed by atoms with E-state index in [0.717, 1.165) is 12.0 Å². The molecule has 1 N–H and O–H groups in total. The molecular formula is C15H12BrClN2O. The van der Waals surface area contributed by atoms with Gasteiger partial charge < -0.3 is 5.32 Å². The van der Waals surface area contributed by atoms with Crippen molar-refractivity contribution < 1.29 is 4.79 Å². The maximum Gasteiger partial charge on any atom is 0.270 e. The predicted octanol–water partition coefficient (Wildman–Crippen LogP) is 3.53. The Morgan fingerprint density at radius 1 is 1.30 bits per heavy atom. The summed E-state index contributed by atoms with van der Waals surface area (Å²) in [5.74, 6) is -0.187. The second-order valence-corrected chi connectivity index (χ2v) is 6.34. The first-order valence-corrected chi connectivity index (χ1v) is 7.59. The van der Waals surface area contributed by atoms with Gasteiger partial charge in [0.25, 0.3) is 5.91 Å². The molecule has 102 valence electrons. The number of hydrogen-bond donors (Lipinski definition) is 1. The van der Waals surface area contributed by atoms with Crippen LogP contribution >= 0.6 is 27.5 Å². The van der Waals surface area contributed by atoms with Gasteiger partial charge in [0.1, 0.15) is 5.69 Å². The molecule has 1 aliphatic carbocycles. The number of pyridine rings is 1. The molecule has 0 bridgehead atoms. The van der Waals surface area contributed by atoms with E-state index in [1.54, 1.807) is 12.1 Å². The second kappa shape index (κ2) is 5.54. The fourth-order valence-electron chi connectivity index (χ4n) is 2.44. The summed E-state index contributed by atoms with van der Waals surface area (Å²) in [4.78, 5) is 16.5. The number of carbonyl (C=O) groups excluding carboxylic acids is 1. The van der Waals surface area contributed by atoms with Gasteiger partial charge >= 0.3 is 0 Å². The standard InChI is InChI=1S/C15H12BrClN2O/c16-12-7-9-3-1-2-4-11(9)14(12)19-15(20)13-6-5-10(17)8-18-13/h1-6,8,12,14H,7H2,(H,19,20). The third-order valence-corrected chi connectivity index (χ3v) is 4.49. The number of rotatable bonds is 2. The molecule has 0 radical (unpaired) electrons. The monoisotopic (exact) mass is 350 g/mol. The van der Waals surface area contributed by atoms with Gasteiger partial charge in [-0.2, -0.15) is 0 Å². The highest BCUT2D eigenvalue weighted by molar-refractivity contribution is 9.09. The minimum Gasteiger partial charge on any atom is -0.343 e. The summed E-state index contributed by atoms with van der Waals surface area (Å²) >= 11 is 9.42. The molecule has 3 rings (SSSR count). The Morgan fingerprint density at radius 2 is 2.10 bits per heavy atom. The highest BCUT2D eigenvalue weighted by atomic mass is 79.9. The van der Waals surface area contributed by atoms with Gasteiger partial charge in [0.05, 0.1) is 11.1 Å². The van der Waals surface area contributed by atoms with E-state index in [1.165, 1.54) is 11.8 Å². The van der Waals surface area contributed by atoms with Gasteiger partial charge in [-0.25, -0.2) is 4.98 Å². The van der Waals surface area contributed by atoms with Crippen LogP contribution in [0.2, 0.25) is 5.02 Å². The van der Waals surface area contributed by atoms with Crippen LogP contribution in [0.15, 0.2) is 42.6 Å². The molecular weight excluding hydrogens is 340 g/mol. The number of aromatic nitrogens is 1. The fourth-order valence-corrected chi connectivity index (χ4v) is 3.32. The summed E-state index contributed by atoms with van der Waals surface area (Å²) < 4.78 is 0. The third kappa shape index (κ3) is 2.58. The van der Waals surface area contributed by atoms with Gasteiger partial charge in [0.2, 0.25) is 0 Å². The number of benzene rings is 1. The molecule has 0 aliphatic heterocycles. The van der Waals surface area contributed by atoms with Gasteiger partial charge in [-0.3, -0.25) is 4.79 Å². The first kappa shape index (κ1) is 13.6. The van der Waals surface area contributed by atoms with Crippen LogP contribution in [-0.4, -0.2) is 15.7 Å². The SMILES string of the molecule is O=C(NC1c2ccccc2CC1Br)c1ccc(Cl)cn1. The molecule has 1 amide bonds. The summed E-state index contributed by atoms with van der Waals surface area (Å²) in [6.45, 7) is 0. The van der Waals surface area contributed by atoms with Crippen LogP contribution in [0.5, 0.6) is 0 Å². The zero-order valence-electron chi connectivity index (χ0n) is 10.5. The van der Waals surface area contributed by atoms with E-state index in [-0.39, 0.29) is 16.8 Å². The van der Waals surface area contributed by atoms with Gasteiger partial charge in [-0.05, 0) is 29.7 Å². The van der Waals surface area contributed by atoms with Crippen molar-refractivity contribution in [2.24, 2.45) is 0 Å². The Labute approximate surface area is 130 Å². The van der Waals surface area contributed by atoms with E-state index in [9.17, 15) is 4.79 Å². The molecule has 2 aromatic rings. The van der Waals surface area contributed by atoms with Crippen LogP contribution in [0.3, 0.4) is 0 Å². The highest BCUT2D eigenvalue weighted by Crippen LogP contribution is 2.35. The van der Waals surface area contributed by atoms with Crippen molar-refractivity contribution in [3.8, 4) is 0 Å². The number of alkyl halides is 1. The minimum atomic E-state index is -0.187. The van der Waals surface area contributed by atoms with E-state index in [4.69, 9.17) is 11.6 Å². The van der Waals surface area contributed by atoms with E-state index >= 15 is 0 Å². The first-order valence-electron chi connectivity index (χ1n) is 6.29. The van der Waals surface area contributed by atoms with Gasteiger partial charge in [0.15, 0.2) is 0 Å². The van der Waals surface area contributed by atoms with Gasteiger partial charge in [-0.15, -0.1) is 0 Å². The average Bonchev–Trinajstić information content (AvgIpc) is 2.76. The molecule has 1 aromatic carbocycles. The number of carbonyl (C=O) groups is 1. The number of hydrogen-bond acceptors (Lipinski definition) is 2.